The van der Waals surface area contributed by atoms with E-state index in [0.29, 0.717) is 38.4 Å². The monoisotopic (exact) mass is 1790 g/mol. The number of fused-ring (bicyclic) bond motifs is 4. The van der Waals surface area contributed by atoms with Crippen LogP contribution in [0.1, 0.15) is 146 Å². The molecule has 22 rings (SSSR count). The third-order valence-electron chi connectivity index (χ3n) is 27.2. The second kappa shape index (κ2) is 35.3. The van der Waals surface area contributed by atoms with Crippen LogP contribution < -0.4 is 21.3 Å². The van der Waals surface area contributed by atoms with Crippen molar-refractivity contribution in [3.63, 3.8) is 0 Å². The van der Waals surface area contributed by atoms with Gasteiger partial charge in [-0.15, -0.1) is 34.0 Å². The fourth-order valence-corrected chi connectivity index (χ4v) is 23.2. The molecule has 8 amide bonds. The molecule has 4 aliphatic heterocycles. The number of furan rings is 1. The fourth-order valence-electron chi connectivity index (χ4n) is 20.8. The van der Waals surface area contributed by atoms with Crippen molar-refractivity contribution in [1.82, 2.24) is 62.8 Å². The number of halogens is 1. The van der Waals surface area contributed by atoms with Gasteiger partial charge in [0.05, 0.1) is 65.0 Å². The number of rotatable bonds is 18. The molecule has 5 aromatic carbocycles. The third-order valence-corrected chi connectivity index (χ3v) is 30.4. The number of hydrogen-bond donors (Lipinski definition) is 4. The van der Waals surface area contributed by atoms with Crippen LogP contribution in [0, 0.1) is 34.4 Å². The molecule has 13 heterocycles. The van der Waals surface area contributed by atoms with Gasteiger partial charge in [0.15, 0.2) is 5.76 Å². The average molecular weight is 1800 g/mol. The Hall–Kier alpha value is -13.8. The Labute approximate surface area is 760 Å². The van der Waals surface area contributed by atoms with E-state index in [-0.39, 0.29) is 105 Å². The van der Waals surface area contributed by atoms with Crippen LogP contribution in [0.25, 0.3) is 65.0 Å². The standard InChI is InChI=1S/C28H25FN4O2S.C28H27N5O2S.C22H22N4O3.C22H22N4O2S/c1-2-25(34)32-13-12-28(17-32)15-20(16-28)33-22-9-4-3-8-21(22)30-27(33)31-26(35)24-11-10-23(36-24)18-6-5-7-19(29)14-18;1-3-25(34)32-13-12-28(17-32)14-20(15-28)33-22-7-5-4-6-21(22)30-27(33)31-26(35)24-11-10-23(36-24)19-9-8-18(2)29-16-19;2*1-2-19(27)25-10-9-22(14-25)12-15(13-22)26-17-7-4-3-6-16(17)23-21(26)24-20(28)18-8-5-11-29-18/h2-11,14,20H,1,12-13,15-17H2,(H,30,31,35);3-11,16,20H,1,12-15,17H2,2H3,(H,30,31,35);2*2-8,11,15H,1,9-10,12-14H2,(H,23,24,28). The van der Waals surface area contributed by atoms with E-state index in [1.54, 1.807) is 24.3 Å². The lowest BCUT2D eigenvalue weighted by Crippen LogP contribution is -2.42. The summed E-state index contributed by atoms with van der Waals surface area (Å²) in [6.07, 6.45) is 20.6. The number of carbonyl (C=O) groups is 8. The molecular formula is C100H96FN17O9S3. The topological polar surface area (TPSA) is 295 Å². The van der Waals surface area contributed by atoms with Gasteiger partial charge in [0.25, 0.3) is 23.6 Å². The van der Waals surface area contributed by atoms with Gasteiger partial charge in [-0.1, -0.05) is 99.1 Å². The molecule has 14 aromatic rings. The maximum Gasteiger partial charge on any atom is 0.293 e. The Morgan fingerprint density at radius 3 is 1.09 bits per heavy atom. The van der Waals surface area contributed by atoms with E-state index in [4.69, 9.17) is 19.4 Å². The lowest BCUT2D eigenvalue weighted by atomic mass is 9.64. The Kier molecular flexibility index (Phi) is 23.2. The number of benzene rings is 5. The number of carbonyl (C=O) groups excluding carboxylic acids is 8. The van der Waals surface area contributed by atoms with Crippen LogP contribution in [0.3, 0.4) is 0 Å². The maximum atomic E-state index is 13.6. The fraction of sp³-hybridized carbons (Fsp3) is 0.290. The predicted molar refractivity (Wildman–Crippen MR) is 504 cm³/mol. The van der Waals surface area contributed by atoms with E-state index >= 15 is 0 Å². The largest absolute Gasteiger partial charge is 0.459 e. The number of para-hydroxylation sites is 8. The minimum Gasteiger partial charge on any atom is -0.459 e. The Bertz CT molecular complexity index is 6590. The van der Waals surface area contributed by atoms with Crippen molar-refractivity contribution >= 4 is 149 Å². The highest BCUT2D eigenvalue weighted by atomic mass is 32.1. The quantitative estimate of drug-likeness (QED) is 0.0581. The van der Waals surface area contributed by atoms with Crippen LogP contribution in [0.2, 0.25) is 0 Å². The van der Waals surface area contributed by atoms with Gasteiger partial charge >= 0.3 is 0 Å². The Balaban J connectivity index is 0.000000113. The molecule has 0 unspecified atom stereocenters. The molecule has 9 aromatic heterocycles. The first-order chi connectivity index (χ1) is 63.1. The summed E-state index contributed by atoms with van der Waals surface area (Å²) >= 11 is 4.18. The number of thiophene rings is 3. The number of amides is 8. The second-order valence-electron chi connectivity index (χ2n) is 35.6. The molecule has 130 heavy (non-hydrogen) atoms. The van der Waals surface area contributed by atoms with Crippen LogP contribution in [0.5, 0.6) is 0 Å². The van der Waals surface area contributed by atoms with Gasteiger partial charge < -0.3 is 42.3 Å². The van der Waals surface area contributed by atoms with Crippen molar-refractivity contribution < 1.29 is 47.2 Å². The maximum absolute atomic E-state index is 13.6. The van der Waals surface area contributed by atoms with Crippen LogP contribution in [-0.2, 0) is 19.2 Å². The highest BCUT2D eigenvalue weighted by Gasteiger charge is 2.55. The predicted octanol–water partition coefficient (Wildman–Crippen LogP) is 19.1. The SMILES string of the molecule is C=CC(=O)N1CCC2(CC(n3c(NC(=O)c4ccc(-c5ccc(C)nc5)s4)nc4ccccc43)C2)C1.C=CC(=O)N1CCC2(CC(n3c(NC(=O)c4ccc(-c5cccc(F)c5)s4)nc4ccccc43)C2)C1.C=CC(=O)N1CCC2(CC(n3c(NC(=O)c4ccco4)nc4ccccc43)C2)C1.C=CC(=O)N1CCC2(CC(n3c(NC(=O)c4cccs4)nc4ccccc43)C2)C1. The average Bonchev–Trinajstić information content (AvgIpc) is 1.53. The summed E-state index contributed by atoms with van der Waals surface area (Å²) in [6.45, 7) is 22.6. The molecule has 4 N–H and O–H groups in total. The molecule has 0 bridgehead atoms. The van der Waals surface area contributed by atoms with Crippen molar-refractivity contribution in [2.75, 3.05) is 73.6 Å². The van der Waals surface area contributed by atoms with E-state index in [0.717, 1.165) is 200 Å². The number of aryl methyl sites for hydroxylation is 1. The zero-order valence-corrected chi connectivity index (χ0v) is 74.2. The number of pyridine rings is 1. The lowest BCUT2D eigenvalue weighted by molar-refractivity contribution is -0.126. The van der Waals surface area contributed by atoms with Crippen molar-refractivity contribution in [3.05, 3.63) is 282 Å². The van der Waals surface area contributed by atoms with Crippen molar-refractivity contribution in [3.8, 4) is 20.9 Å². The second-order valence-corrected chi connectivity index (χ2v) is 38.7. The molecule has 4 saturated carbocycles. The lowest BCUT2D eigenvalue weighted by Gasteiger charge is -2.46. The summed E-state index contributed by atoms with van der Waals surface area (Å²) in [7, 11) is 0. The minimum absolute atomic E-state index is 0.00445. The molecule has 30 heteroatoms. The van der Waals surface area contributed by atoms with E-state index in [1.807, 2.05) is 172 Å². The highest BCUT2D eigenvalue weighted by Crippen LogP contribution is 2.59. The summed E-state index contributed by atoms with van der Waals surface area (Å²) in [5, 5.41) is 13.9. The van der Waals surface area contributed by atoms with Gasteiger partial charge in [-0.25, -0.2) is 24.3 Å². The summed E-state index contributed by atoms with van der Waals surface area (Å²) in [5.74, 6) is 1.34. The van der Waals surface area contributed by atoms with Gasteiger partial charge in [0.1, 0.15) is 5.82 Å². The number of anilines is 4. The zero-order chi connectivity index (χ0) is 89.7. The molecule has 4 aliphatic carbocycles. The van der Waals surface area contributed by atoms with Crippen LogP contribution in [0.15, 0.2) is 255 Å². The van der Waals surface area contributed by atoms with E-state index in [1.165, 1.54) is 76.7 Å². The van der Waals surface area contributed by atoms with Gasteiger partial charge in [-0.05, 0) is 250 Å². The number of nitrogens with one attached hydrogen (secondary N) is 4. The van der Waals surface area contributed by atoms with Crippen molar-refractivity contribution in [1.29, 1.82) is 0 Å². The van der Waals surface area contributed by atoms with Gasteiger partial charge in [-0.3, -0.25) is 64.6 Å². The zero-order valence-electron chi connectivity index (χ0n) is 71.7. The molecule has 4 spiro atoms. The van der Waals surface area contributed by atoms with Crippen LogP contribution in [-0.4, -0.2) is 162 Å². The number of nitrogens with zero attached hydrogens (tertiary/aromatic N) is 13. The molecule has 660 valence electrons. The summed E-state index contributed by atoms with van der Waals surface area (Å²) in [6, 6.07) is 57.4. The molecular weight excluding hydrogens is 1700 g/mol. The smallest absolute Gasteiger partial charge is 0.293 e. The number of likely N-dealkylation sites (tertiary alicyclic amines) is 4. The molecule has 8 fully saturated rings. The van der Waals surface area contributed by atoms with Gasteiger partial charge in [0, 0.05) is 104 Å². The van der Waals surface area contributed by atoms with Gasteiger partial charge in [0.2, 0.25) is 47.4 Å². The number of imidazole rings is 4. The van der Waals surface area contributed by atoms with E-state index in [2.05, 4.69) is 88.0 Å². The summed E-state index contributed by atoms with van der Waals surface area (Å²) < 4.78 is 27.5. The molecule has 0 radical (unpaired) electrons. The summed E-state index contributed by atoms with van der Waals surface area (Å²) in [4.78, 5) is 134. The third kappa shape index (κ3) is 16.9. The van der Waals surface area contributed by atoms with Crippen LogP contribution in [0.4, 0.5) is 28.2 Å². The molecule has 0 atom stereocenters. The molecule has 8 aliphatic rings. The first-order valence-electron chi connectivity index (χ1n) is 43.8. The first-order valence-corrected chi connectivity index (χ1v) is 46.3. The number of hydrogen-bond acceptors (Lipinski definition) is 17. The highest BCUT2D eigenvalue weighted by molar-refractivity contribution is 7.18. The van der Waals surface area contributed by atoms with Gasteiger partial charge in [-0.2, -0.15) is 0 Å². The number of aromatic nitrogens is 9. The van der Waals surface area contributed by atoms with Crippen LogP contribution >= 0.6 is 34.0 Å². The summed E-state index contributed by atoms with van der Waals surface area (Å²) in [5.41, 5.74) is 10.7. The van der Waals surface area contributed by atoms with E-state index < -0.39 is 0 Å². The normalized spacial score (nSPS) is 22.0. The molecule has 4 saturated heterocycles. The van der Waals surface area contributed by atoms with Crippen molar-refractivity contribution in [2.24, 2.45) is 21.7 Å². The Morgan fingerprint density at radius 2 is 0.762 bits per heavy atom. The van der Waals surface area contributed by atoms with E-state index in [9.17, 15) is 42.7 Å². The Morgan fingerprint density at radius 1 is 0.400 bits per heavy atom. The first kappa shape index (κ1) is 85.6. The van der Waals surface area contributed by atoms with Crippen molar-refractivity contribution in [2.45, 2.75) is 108 Å². The minimum atomic E-state index is -0.316. The molecule has 26 nitrogen and oxygen atoms in total.